The van der Waals surface area contributed by atoms with E-state index in [4.69, 9.17) is 22.1 Å². The quantitative estimate of drug-likeness (QED) is 0.829. The van der Waals surface area contributed by atoms with Crippen molar-refractivity contribution in [2.75, 3.05) is 7.11 Å². The van der Waals surface area contributed by atoms with E-state index < -0.39 is 17.2 Å². The van der Waals surface area contributed by atoms with Crippen LogP contribution in [0.3, 0.4) is 0 Å². The van der Waals surface area contributed by atoms with Crippen molar-refractivity contribution in [3.05, 3.63) is 28.3 Å². The van der Waals surface area contributed by atoms with Crippen molar-refractivity contribution in [3.63, 3.8) is 0 Å². The molecule has 0 heterocycles. The second-order valence-corrected chi connectivity index (χ2v) is 4.84. The van der Waals surface area contributed by atoms with E-state index in [1.807, 2.05) is 0 Å². The Labute approximate surface area is 104 Å². The lowest BCUT2D eigenvalue weighted by atomic mass is 9.89. The van der Waals surface area contributed by atoms with Crippen molar-refractivity contribution in [1.82, 2.24) is 0 Å². The van der Waals surface area contributed by atoms with Gasteiger partial charge in [0.1, 0.15) is 0 Å². The molecule has 1 fully saturated rings. The highest BCUT2D eigenvalue weighted by Gasteiger charge is 2.36. The van der Waals surface area contributed by atoms with E-state index in [-0.39, 0.29) is 16.3 Å². The maximum atomic E-state index is 13.9. The van der Waals surface area contributed by atoms with Gasteiger partial charge in [-0.2, -0.15) is 4.39 Å². The van der Waals surface area contributed by atoms with E-state index in [9.17, 15) is 8.78 Å². The Balaban J connectivity index is 2.56. The fraction of sp³-hybridized carbons (Fsp3) is 0.500. The Morgan fingerprint density at radius 2 is 1.88 bits per heavy atom. The van der Waals surface area contributed by atoms with Gasteiger partial charge in [0.05, 0.1) is 12.1 Å². The summed E-state index contributed by atoms with van der Waals surface area (Å²) in [5.74, 6) is -2.28. The largest absolute Gasteiger partial charge is 0.492 e. The molecular weight excluding hydrogens is 248 g/mol. The summed E-state index contributed by atoms with van der Waals surface area (Å²) >= 11 is 5.86. The Bertz CT molecular complexity index is 445. The first-order valence-electron chi connectivity index (χ1n) is 5.50. The van der Waals surface area contributed by atoms with Crippen molar-refractivity contribution >= 4 is 11.6 Å². The number of halogens is 3. The van der Waals surface area contributed by atoms with E-state index in [1.165, 1.54) is 13.2 Å². The first-order chi connectivity index (χ1) is 7.99. The molecule has 1 aliphatic rings. The molecule has 2 rings (SSSR count). The fourth-order valence-corrected chi connectivity index (χ4v) is 2.67. The summed E-state index contributed by atoms with van der Waals surface area (Å²) in [4.78, 5) is 0. The lowest BCUT2D eigenvalue weighted by Crippen LogP contribution is -2.34. The fourth-order valence-electron chi connectivity index (χ4n) is 2.40. The molecule has 0 amide bonds. The van der Waals surface area contributed by atoms with Gasteiger partial charge in [0.2, 0.25) is 5.82 Å². The van der Waals surface area contributed by atoms with Gasteiger partial charge < -0.3 is 10.5 Å². The van der Waals surface area contributed by atoms with Gasteiger partial charge in [0.25, 0.3) is 0 Å². The minimum absolute atomic E-state index is 0.0538. The molecule has 0 spiro atoms. The van der Waals surface area contributed by atoms with E-state index in [1.54, 1.807) is 0 Å². The SMILES string of the molecule is COc1c(Cl)cc(C2(N)CCCC2)c(F)c1F. The summed E-state index contributed by atoms with van der Waals surface area (Å²) in [7, 11) is 1.25. The molecule has 5 heteroatoms. The van der Waals surface area contributed by atoms with Gasteiger partial charge >= 0.3 is 0 Å². The van der Waals surface area contributed by atoms with E-state index in [2.05, 4.69) is 0 Å². The minimum Gasteiger partial charge on any atom is -0.492 e. The predicted molar refractivity (Wildman–Crippen MR) is 62.3 cm³/mol. The number of nitrogens with two attached hydrogens (primary N) is 1. The monoisotopic (exact) mass is 261 g/mol. The highest BCUT2D eigenvalue weighted by molar-refractivity contribution is 6.32. The molecule has 0 aliphatic heterocycles. The molecular formula is C12H14ClF2NO. The Morgan fingerprint density at radius 3 is 2.41 bits per heavy atom. The van der Waals surface area contributed by atoms with E-state index >= 15 is 0 Å². The van der Waals surface area contributed by atoms with Gasteiger partial charge in [0.15, 0.2) is 11.6 Å². The third-order valence-corrected chi connectivity index (χ3v) is 3.63. The Kier molecular flexibility index (Phi) is 3.27. The lowest BCUT2D eigenvalue weighted by Gasteiger charge is -2.25. The molecule has 94 valence electrons. The third-order valence-electron chi connectivity index (χ3n) is 3.35. The zero-order chi connectivity index (χ0) is 12.6. The molecule has 2 nitrogen and oxygen atoms in total. The van der Waals surface area contributed by atoms with E-state index in [0.29, 0.717) is 12.8 Å². The van der Waals surface area contributed by atoms with Crippen LogP contribution in [0, 0.1) is 11.6 Å². The number of hydrogen-bond acceptors (Lipinski definition) is 2. The zero-order valence-corrected chi connectivity index (χ0v) is 10.3. The Hall–Kier alpha value is -0.870. The van der Waals surface area contributed by atoms with Crippen molar-refractivity contribution < 1.29 is 13.5 Å². The first-order valence-corrected chi connectivity index (χ1v) is 5.88. The number of benzene rings is 1. The van der Waals surface area contributed by atoms with Gasteiger partial charge in [-0.3, -0.25) is 0 Å². The van der Waals surface area contributed by atoms with Crippen LogP contribution in [-0.4, -0.2) is 7.11 Å². The molecule has 0 atom stereocenters. The summed E-state index contributed by atoms with van der Waals surface area (Å²) in [6, 6.07) is 1.38. The molecule has 0 aromatic heterocycles. The van der Waals surface area contributed by atoms with Gasteiger partial charge in [-0.05, 0) is 18.9 Å². The summed E-state index contributed by atoms with van der Waals surface area (Å²) < 4.78 is 32.4. The second-order valence-electron chi connectivity index (χ2n) is 4.43. The van der Waals surface area contributed by atoms with Crippen molar-refractivity contribution in [2.24, 2.45) is 5.73 Å². The molecule has 1 saturated carbocycles. The number of rotatable bonds is 2. The third kappa shape index (κ3) is 2.00. The first kappa shape index (κ1) is 12.6. The van der Waals surface area contributed by atoms with Crippen LogP contribution >= 0.6 is 11.6 Å². The molecule has 0 unspecified atom stereocenters. The summed E-state index contributed by atoms with van der Waals surface area (Å²) in [5.41, 5.74) is 5.45. The average molecular weight is 262 g/mol. The molecule has 1 aromatic carbocycles. The maximum absolute atomic E-state index is 13.9. The normalized spacial score (nSPS) is 18.4. The standard InChI is InChI=1S/C12H14ClF2NO/c1-17-11-8(13)6-7(9(14)10(11)15)12(16)4-2-3-5-12/h6H,2-5,16H2,1H3. The van der Waals surface area contributed by atoms with Crippen LogP contribution in [0.25, 0.3) is 0 Å². The van der Waals surface area contributed by atoms with E-state index in [0.717, 1.165) is 12.8 Å². The summed E-state index contributed by atoms with van der Waals surface area (Å²) in [5, 5.41) is 0.0538. The zero-order valence-electron chi connectivity index (χ0n) is 9.53. The lowest BCUT2D eigenvalue weighted by molar-refractivity contribution is 0.359. The highest BCUT2D eigenvalue weighted by atomic mass is 35.5. The van der Waals surface area contributed by atoms with Crippen LogP contribution in [0.15, 0.2) is 6.07 Å². The second kappa shape index (κ2) is 4.42. The van der Waals surface area contributed by atoms with Crippen molar-refractivity contribution in [1.29, 1.82) is 0 Å². The van der Waals surface area contributed by atoms with Gasteiger partial charge in [-0.1, -0.05) is 24.4 Å². The molecule has 1 aromatic rings. The van der Waals surface area contributed by atoms with Crippen molar-refractivity contribution in [3.8, 4) is 5.75 Å². The number of ether oxygens (including phenoxy) is 1. The summed E-state index contributed by atoms with van der Waals surface area (Å²) in [6.07, 6.45) is 3.13. The van der Waals surface area contributed by atoms with Gasteiger partial charge in [-0.15, -0.1) is 0 Å². The average Bonchev–Trinajstić information content (AvgIpc) is 2.72. The molecule has 0 saturated heterocycles. The molecule has 1 aliphatic carbocycles. The molecule has 0 radical (unpaired) electrons. The van der Waals surface area contributed by atoms with Crippen LogP contribution in [0.1, 0.15) is 31.2 Å². The predicted octanol–water partition coefficient (Wildman–Crippen LogP) is 3.35. The topological polar surface area (TPSA) is 35.2 Å². The van der Waals surface area contributed by atoms with Gasteiger partial charge in [-0.25, -0.2) is 4.39 Å². The smallest absolute Gasteiger partial charge is 0.202 e. The van der Waals surface area contributed by atoms with Crippen LogP contribution in [0.5, 0.6) is 5.75 Å². The van der Waals surface area contributed by atoms with Gasteiger partial charge in [0, 0.05) is 11.1 Å². The van der Waals surface area contributed by atoms with Crippen LogP contribution < -0.4 is 10.5 Å². The number of hydrogen-bond donors (Lipinski definition) is 1. The van der Waals surface area contributed by atoms with Crippen LogP contribution in [-0.2, 0) is 5.54 Å². The maximum Gasteiger partial charge on any atom is 0.202 e. The Morgan fingerprint density at radius 1 is 1.29 bits per heavy atom. The van der Waals surface area contributed by atoms with Crippen molar-refractivity contribution in [2.45, 2.75) is 31.2 Å². The molecule has 2 N–H and O–H groups in total. The van der Waals surface area contributed by atoms with Crippen LogP contribution in [0.2, 0.25) is 5.02 Å². The minimum atomic E-state index is -1.06. The van der Waals surface area contributed by atoms with Crippen LogP contribution in [0.4, 0.5) is 8.78 Å². The summed E-state index contributed by atoms with van der Waals surface area (Å²) in [6.45, 7) is 0. The highest BCUT2D eigenvalue weighted by Crippen LogP contribution is 2.41. The molecule has 0 bridgehead atoms. The number of methoxy groups -OCH3 is 1. The molecule has 17 heavy (non-hydrogen) atoms.